The van der Waals surface area contributed by atoms with Crippen LogP contribution in [-0.2, 0) is 0 Å². The summed E-state index contributed by atoms with van der Waals surface area (Å²) in [7, 11) is 0. The van der Waals surface area contributed by atoms with E-state index in [-0.39, 0.29) is 0 Å². The lowest BCUT2D eigenvalue weighted by molar-refractivity contribution is 0.542. The van der Waals surface area contributed by atoms with E-state index < -0.39 is 0 Å². The van der Waals surface area contributed by atoms with Crippen LogP contribution in [0.15, 0.2) is 66.9 Å². The Morgan fingerprint density at radius 1 is 1.08 bits per heavy atom. The Kier molecular flexibility index (Phi) is 4.53. The van der Waals surface area contributed by atoms with Crippen molar-refractivity contribution < 1.29 is 0 Å². The first kappa shape index (κ1) is 15.9. The maximum atomic E-state index is 3.61. The average molecular weight is 328 g/mol. The van der Waals surface area contributed by atoms with Gasteiger partial charge in [-0.15, -0.1) is 0 Å². The van der Waals surface area contributed by atoms with E-state index in [1.54, 1.807) is 0 Å². The molecule has 0 bridgehead atoms. The summed E-state index contributed by atoms with van der Waals surface area (Å²) in [5.41, 5.74) is 6.63. The fraction of sp³-hybridized carbons (Fsp3) is 0.217. The molecule has 25 heavy (non-hydrogen) atoms. The minimum absolute atomic E-state index is 0.503. The van der Waals surface area contributed by atoms with Gasteiger partial charge in [0, 0.05) is 29.7 Å². The first-order chi connectivity index (χ1) is 12.3. The second-order valence-corrected chi connectivity index (χ2v) is 6.78. The van der Waals surface area contributed by atoms with Crippen molar-refractivity contribution in [1.82, 2.24) is 10.3 Å². The molecule has 1 aliphatic heterocycles. The van der Waals surface area contributed by atoms with Gasteiger partial charge in [-0.05, 0) is 48.1 Å². The molecule has 2 N–H and O–H groups in total. The molecule has 4 rings (SSSR count). The lowest BCUT2D eigenvalue weighted by Crippen LogP contribution is -2.32. The number of fused-ring (bicyclic) bond motifs is 1. The molecule has 2 aromatic carbocycles. The molecule has 0 spiro atoms. The molecule has 0 saturated carbocycles. The van der Waals surface area contributed by atoms with E-state index >= 15 is 0 Å². The van der Waals surface area contributed by atoms with E-state index in [0.29, 0.717) is 6.04 Å². The van der Waals surface area contributed by atoms with Crippen LogP contribution in [-0.4, -0.2) is 17.6 Å². The lowest BCUT2D eigenvalue weighted by atomic mass is 9.93. The van der Waals surface area contributed by atoms with Gasteiger partial charge in [0.05, 0.1) is 0 Å². The first-order valence-corrected chi connectivity index (χ1v) is 9.02. The molecule has 0 saturated heterocycles. The molecule has 2 nitrogen and oxygen atoms in total. The number of hydrogen-bond donors (Lipinski definition) is 2. The average Bonchev–Trinajstić information content (AvgIpc) is 3.05. The summed E-state index contributed by atoms with van der Waals surface area (Å²) in [4.78, 5) is 3.34. The van der Waals surface area contributed by atoms with Crippen molar-refractivity contribution in [3.8, 4) is 0 Å². The van der Waals surface area contributed by atoms with Crippen LogP contribution in [0.2, 0.25) is 0 Å². The predicted octanol–water partition coefficient (Wildman–Crippen LogP) is 5.33. The summed E-state index contributed by atoms with van der Waals surface area (Å²) in [6.45, 7) is 3.12. The van der Waals surface area contributed by atoms with Gasteiger partial charge in [-0.1, -0.05) is 60.7 Å². The highest BCUT2D eigenvalue weighted by Crippen LogP contribution is 2.25. The van der Waals surface area contributed by atoms with Gasteiger partial charge in [-0.2, -0.15) is 0 Å². The molecule has 0 fully saturated rings. The maximum absolute atomic E-state index is 3.61. The molecule has 1 atom stereocenters. The molecular formula is C23H24N2. The summed E-state index contributed by atoms with van der Waals surface area (Å²) in [6.07, 6.45) is 11.1. The van der Waals surface area contributed by atoms with Gasteiger partial charge >= 0.3 is 0 Å². The number of aryl methyl sites for hydroxylation is 1. The molecule has 0 amide bonds. The Hall–Kier alpha value is -2.58. The van der Waals surface area contributed by atoms with Crippen LogP contribution in [0.4, 0.5) is 0 Å². The van der Waals surface area contributed by atoms with Gasteiger partial charge in [0.1, 0.15) is 0 Å². The van der Waals surface area contributed by atoms with Crippen molar-refractivity contribution in [2.24, 2.45) is 0 Å². The maximum Gasteiger partial charge on any atom is 0.0462 e. The molecule has 1 aliphatic rings. The van der Waals surface area contributed by atoms with E-state index in [4.69, 9.17) is 0 Å². The summed E-state index contributed by atoms with van der Waals surface area (Å²) in [5.74, 6) is 0. The number of hydrogen-bond acceptors (Lipinski definition) is 1. The van der Waals surface area contributed by atoms with Crippen molar-refractivity contribution in [1.29, 1.82) is 0 Å². The number of rotatable bonds is 4. The summed E-state index contributed by atoms with van der Waals surface area (Å²) in [6, 6.07) is 17.7. The molecule has 0 aliphatic carbocycles. The highest BCUT2D eigenvalue weighted by molar-refractivity contribution is 5.91. The monoisotopic (exact) mass is 328 g/mol. The minimum Gasteiger partial charge on any atom is -0.361 e. The zero-order valence-corrected chi connectivity index (χ0v) is 14.6. The second-order valence-electron chi connectivity index (χ2n) is 6.78. The van der Waals surface area contributed by atoms with E-state index in [9.17, 15) is 0 Å². The molecule has 2 heteroatoms. The fourth-order valence-corrected chi connectivity index (χ4v) is 3.71. The Morgan fingerprint density at radius 3 is 2.84 bits per heavy atom. The number of aromatic nitrogens is 1. The molecule has 126 valence electrons. The molecule has 3 aromatic rings. The number of benzene rings is 2. The van der Waals surface area contributed by atoms with Gasteiger partial charge in [-0.3, -0.25) is 0 Å². The van der Waals surface area contributed by atoms with Crippen LogP contribution in [0.3, 0.4) is 0 Å². The zero-order valence-electron chi connectivity index (χ0n) is 14.6. The Morgan fingerprint density at radius 2 is 1.96 bits per heavy atom. The van der Waals surface area contributed by atoms with E-state index in [1.165, 1.54) is 33.2 Å². The van der Waals surface area contributed by atoms with Gasteiger partial charge in [-0.25, -0.2) is 0 Å². The van der Waals surface area contributed by atoms with Gasteiger partial charge in [0.25, 0.3) is 0 Å². The molecule has 2 heterocycles. The summed E-state index contributed by atoms with van der Waals surface area (Å²) >= 11 is 0. The standard InChI is InChI=1S/C23H24N2/c1-17-16-25-22-12-6-10-19(23(17)22)9-5-11-21-15-20(13-14-24-21)18-7-3-2-4-8-18/h2-10,12-13,16,21,24-25H,11,14-15H2,1H3/b9-5+. The van der Waals surface area contributed by atoms with Crippen molar-refractivity contribution in [3.63, 3.8) is 0 Å². The van der Waals surface area contributed by atoms with Crippen molar-refractivity contribution >= 4 is 22.6 Å². The van der Waals surface area contributed by atoms with Crippen LogP contribution < -0.4 is 5.32 Å². The third kappa shape index (κ3) is 3.45. The normalized spacial score (nSPS) is 18.0. The third-order valence-corrected chi connectivity index (χ3v) is 5.02. The Balaban J connectivity index is 1.45. The van der Waals surface area contributed by atoms with Crippen molar-refractivity contribution in [3.05, 3.63) is 83.6 Å². The van der Waals surface area contributed by atoms with Crippen molar-refractivity contribution in [2.45, 2.75) is 25.8 Å². The lowest BCUT2D eigenvalue weighted by Gasteiger charge is -2.23. The first-order valence-electron chi connectivity index (χ1n) is 9.02. The minimum atomic E-state index is 0.503. The van der Waals surface area contributed by atoms with Crippen molar-refractivity contribution in [2.75, 3.05) is 6.54 Å². The van der Waals surface area contributed by atoms with E-state index in [2.05, 4.69) is 90.2 Å². The largest absolute Gasteiger partial charge is 0.361 e. The fourth-order valence-electron chi connectivity index (χ4n) is 3.71. The van der Waals surface area contributed by atoms with E-state index in [1.807, 2.05) is 0 Å². The van der Waals surface area contributed by atoms with E-state index in [0.717, 1.165) is 19.4 Å². The molecule has 0 radical (unpaired) electrons. The smallest absolute Gasteiger partial charge is 0.0462 e. The summed E-state index contributed by atoms with van der Waals surface area (Å²) in [5, 5.41) is 4.95. The number of H-pyrrole nitrogens is 1. The number of aromatic amines is 1. The molecule has 1 aromatic heterocycles. The van der Waals surface area contributed by atoms with Gasteiger partial charge in [0.2, 0.25) is 0 Å². The molecule has 1 unspecified atom stereocenters. The highest BCUT2D eigenvalue weighted by Gasteiger charge is 2.14. The highest BCUT2D eigenvalue weighted by atomic mass is 14.9. The predicted molar refractivity (Wildman–Crippen MR) is 108 cm³/mol. The molecular weight excluding hydrogens is 304 g/mol. The Labute approximate surface area is 149 Å². The van der Waals surface area contributed by atoms with Gasteiger partial charge in [0.15, 0.2) is 0 Å². The van der Waals surface area contributed by atoms with Crippen LogP contribution >= 0.6 is 0 Å². The third-order valence-electron chi connectivity index (χ3n) is 5.02. The Bertz CT molecular complexity index is 916. The SMILES string of the molecule is Cc1c[nH]c2cccc(/C=C/CC3CC(c4ccccc4)=CCN3)c12. The second kappa shape index (κ2) is 7.12. The van der Waals surface area contributed by atoms with Crippen LogP contribution in [0.1, 0.15) is 29.5 Å². The number of nitrogens with one attached hydrogen (secondary N) is 2. The van der Waals surface area contributed by atoms with Crippen LogP contribution in [0, 0.1) is 6.92 Å². The van der Waals surface area contributed by atoms with Crippen LogP contribution in [0.25, 0.3) is 22.6 Å². The summed E-state index contributed by atoms with van der Waals surface area (Å²) < 4.78 is 0. The quantitative estimate of drug-likeness (QED) is 0.666. The zero-order chi connectivity index (χ0) is 17.1. The topological polar surface area (TPSA) is 27.8 Å². The van der Waals surface area contributed by atoms with Crippen LogP contribution in [0.5, 0.6) is 0 Å². The van der Waals surface area contributed by atoms with Gasteiger partial charge < -0.3 is 10.3 Å².